The first-order chi connectivity index (χ1) is 23.0. The molecule has 3 aliphatic heterocycles. The third-order valence-corrected chi connectivity index (χ3v) is 10.9. The van der Waals surface area contributed by atoms with E-state index in [1.807, 2.05) is 6.07 Å². The minimum absolute atomic E-state index is 0. The summed E-state index contributed by atoms with van der Waals surface area (Å²) in [5.74, 6) is -3.53. The van der Waals surface area contributed by atoms with Crippen LogP contribution in [0.1, 0.15) is 36.5 Å². The van der Waals surface area contributed by atoms with Crippen molar-refractivity contribution in [3.8, 4) is 11.8 Å². The summed E-state index contributed by atoms with van der Waals surface area (Å²) >= 11 is 0. The van der Waals surface area contributed by atoms with Gasteiger partial charge in [-0.25, -0.2) is 22.0 Å². The summed E-state index contributed by atoms with van der Waals surface area (Å²) in [6, 6.07) is 14.2. The lowest BCUT2D eigenvalue weighted by atomic mass is 9.85. The van der Waals surface area contributed by atoms with Crippen molar-refractivity contribution in [2.45, 2.75) is 36.3 Å². The SMILES string of the molecule is CCOc1ccccc1C1(OC(=O)N2CCC(N3CCN(C)CC3)CC2)C(=O)N(S(=O)(=O)c2ccc(F)cc2F)c2ccc(C#N)cc21.Cl.Cl. The number of likely N-dealkylation sites (N-methyl/N-ethyl adjacent to an activating group) is 1. The van der Waals surface area contributed by atoms with Gasteiger partial charge in [-0.3, -0.25) is 9.69 Å². The fraction of sp³-hybridized carbons (Fsp3) is 0.382. The third-order valence-electron chi connectivity index (χ3n) is 9.21. The summed E-state index contributed by atoms with van der Waals surface area (Å²) in [4.78, 5) is 34.2. The average molecular weight is 753 g/mol. The van der Waals surface area contributed by atoms with Gasteiger partial charge in [-0.05, 0) is 63.2 Å². The number of halogens is 4. The van der Waals surface area contributed by atoms with Crippen LogP contribution in [0.25, 0.3) is 0 Å². The molecule has 3 aliphatic rings. The van der Waals surface area contributed by atoms with Crippen LogP contribution in [-0.2, 0) is 25.2 Å². The van der Waals surface area contributed by atoms with E-state index in [9.17, 15) is 27.7 Å². The lowest BCUT2D eigenvalue weighted by Crippen LogP contribution is -2.54. The smallest absolute Gasteiger partial charge is 0.411 e. The number of piperidine rings is 1. The fourth-order valence-corrected chi connectivity index (χ4v) is 8.21. The zero-order valence-electron chi connectivity index (χ0n) is 27.4. The van der Waals surface area contributed by atoms with Gasteiger partial charge in [-0.2, -0.15) is 9.57 Å². The monoisotopic (exact) mass is 751 g/mol. The van der Waals surface area contributed by atoms with Crippen LogP contribution >= 0.6 is 24.8 Å². The van der Waals surface area contributed by atoms with Gasteiger partial charge in [0.2, 0.25) is 5.60 Å². The Labute approximate surface area is 302 Å². The standard InChI is InChI=1S/C34H35F2N5O6S.2ClH/c1-3-46-30-7-5-4-6-26(30)34(47-33(43)40-14-12-25(13-15-40)39-18-16-38(2)17-19-39)27-20-23(22-37)8-10-29(27)41(32(34)42)48(44,45)31-11-9-24(35)21-28(31)36;;/h4-11,20-21,25H,3,12-19H2,1-2H3;2*1H. The van der Waals surface area contributed by atoms with Gasteiger partial charge in [0, 0.05) is 56.9 Å². The highest BCUT2D eigenvalue weighted by atomic mass is 35.5. The number of rotatable bonds is 7. The van der Waals surface area contributed by atoms with Crippen LogP contribution in [0.3, 0.4) is 0 Å². The molecule has 6 rings (SSSR count). The number of anilines is 1. The Morgan fingerprint density at radius 3 is 2.28 bits per heavy atom. The maximum Gasteiger partial charge on any atom is 0.411 e. The Bertz CT molecular complexity index is 1900. The Morgan fingerprint density at radius 2 is 1.64 bits per heavy atom. The van der Waals surface area contributed by atoms with Gasteiger partial charge in [0.05, 0.1) is 29.5 Å². The topological polar surface area (TPSA) is 123 Å². The molecule has 50 heavy (non-hydrogen) atoms. The first-order valence-electron chi connectivity index (χ1n) is 15.7. The first-order valence-corrected chi connectivity index (χ1v) is 17.2. The number of ether oxygens (including phenoxy) is 2. The second-order valence-electron chi connectivity index (χ2n) is 12.0. The van der Waals surface area contributed by atoms with Crippen molar-refractivity contribution in [1.82, 2.24) is 14.7 Å². The molecule has 1 unspecified atom stereocenters. The third kappa shape index (κ3) is 6.85. The van der Waals surface area contributed by atoms with Crippen LogP contribution < -0.4 is 9.04 Å². The van der Waals surface area contributed by atoms with Crippen molar-refractivity contribution in [3.63, 3.8) is 0 Å². The molecule has 0 N–H and O–H groups in total. The second-order valence-corrected chi connectivity index (χ2v) is 13.8. The predicted molar refractivity (Wildman–Crippen MR) is 185 cm³/mol. The van der Waals surface area contributed by atoms with E-state index in [4.69, 9.17) is 9.47 Å². The van der Waals surface area contributed by atoms with E-state index in [0.717, 1.165) is 38.3 Å². The number of sulfonamides is 1. The lowest BCUT2D eigenvalue weighted by molar-refractivity contribution is -0.132. The maximum absolute atomic E-state index is 15.0. The Morgan fingerprint density at radius 1 is 0.960 bits per heavy atom. The fourth-order valence-electron chi connectivity index (χ4n) is 6.70. The molecule has 0 aromatic heterocycles. The van der Waals surface area contributed by atoms with Crippen LogP contribution in [0, 0.1) is 23.0 Å². The summed E-state index contributed by atoms with van der Waals surface area (Å²) in [6.45, 7) is 6.30. The molecule has 2 fully saturated rings. The zero-order chi connectivity index (χ0) is 34.2. The largest absolute Gasteiger partial charge is 0.493 e. The summed E-state index contributed by atoms with van der Waals surface area (Å²) < 4.78 is 69.5. The molecule has 3 heterocycles. The number of benzene rings is 3. The molecule has 3 aromatic rings. The molecule has 0 aliphatic carbocycles. The highest BCUT2D eigenvalue weighted by Crippen LogP contribution is 2.52. The Kier molecular flexibility index (Phi) is 12.0. The van der Waals surface area contributed by atoms with Crippen molar-refractivity contribution < 1.29 is 36.3 Å². The number of hydrogen-bond donors (Lipinski definition) is 0. The van der Waals surface area contributed by atoms with E-state index in [1.54, 1.807) is 25.1 Å². The number of fused-ring (bicyclic) bond motifs is 1. The Balaban J connectivity index is 0.00000281. The number of amides is 2. The summed E-state index contributed by atoms with van der Waals surface area (Å²) in [6.07, 6.45) is 0.482. The number of hydrogen-bond acceptors (Lipinski definition) is 9. The van der Waals surface area contributed by atoms with E-state index in [-0.39, 0.29) is 65.6 Å². The number of nitrogens with zero attached hydrogens (tertiary/aromatic N) is 5. The summed E-state index contributed by atoms with van der Waals surface area (Å²) in [5, 5.41) is 9.81. The van der Waals surface area contributed by atoms with Crippen LogP contribution in [0.5, 0.6) is 5.75 Å². The number of carbonyl (C=O) groups excluding carboxylic acids is 2. The Hall–Kier alpha value is -4.00. The van der Waals surface area contributed by atoms with E-state index in [2.05, 4.69) is 16.8 Å². The van der Waals surface area contributed by atoms with Crippen molar-refractivity contribution in [1.29, 1.82) is 5.26 Å². The molecule has 0 radical (unpaired) electrons. The van der Waals surface area contributed by atoms with Gasteiger partial charge in [0.25, 0.3) is 15.9 Å². The molecular formula is C34H37Cl2F2N5O6S. The molecule has 0 saturated carbocycles. The molecular weight excluding hydrogens is 715 g/mol. The lowest BCUT2D eigenvalue weighted by Gasteiger charge is -2.42. The van der Waals surface area contributed by atoms with E-state index in [0.29, 0.717) is 36.3 Å². The summed E-state index contributed by atoms with van der Waals surface area (Å²) in [5.41, 5.74) is -2.76. The van der Waals surface area contributed by atoms with Gasteiger partial charge < -0.3 is 19.3 Å². The molecule has 0 bridgehead atoms. The van der Waals surface area contributed by atoms with Crippen LogP contribution in [-0.4, -0.2) is 94.1 Å². The van der Waals surface area contributed by atoms with Crippen molar-refractivity contribution >= 4 is 52.5 Å². The van der Waals surface area contributed by atoms with Gasteiger partial charge in [-0.15, -0.1) is 24.8 Å². The van der Waals surface area contributed by atoms with E-state index < -0.39 is 44.2 Å². The molecule has 16 heteroatoms. The normalized spacial score (nSPS) is 19.9. The van der Waals surface area contributed by atoms with Gasteiger partial charge in [-0.1, -0.05) is 18.2 Å². The minimum Gasteiger partial charge on any atom is -0.493 e. The maximum atomic E-state index is 15.0. The van der Waals surface area contributed by atoms with Crippen LogP contribution in [0.2, 0.25) is 0 Å². The molecule has 3 aromatic carbocycles. The van der Waals surface area contributed by atoms with Crippen LogP contribution in [0.15, 0.2) is 65.6 Å². The zero-order valence-corrected chi connectivity index (χ0v) is 29.8. The molecule has 268 valence electrons. The molecule has 1 atom stereocenters. The highest BCUT2D eigenvalue weighted by Gasteiger charge is 2.61. The van der Waals surface area contributed by atoms with E-state index in [1.165, 1.54) is 29.2 Å². The number of likely N-dealkylation sites (tertiary alicyclic amines) is 1. The van der Waals surface area contributed by atoms with Gasteiger partial charge >= 0.3 is 6.09 Å². The number of para-hydroxylation sites is 1. The summed E-state index contributed by atoms with van der Waals surface area (Å²) in [7, 11) is -2.97. The first kappa shape index (κ1) is 38.8. The van der Waals surface area contributed by atoms with Gasteiger partial charge in [0.15, 0.2) is 0 Å². The van der Waals surface area contributed by atoms with Crippen molar-refractivity contribution in [3.05, 3.63) is 89.0 Å². The molecule has 2 saturated heterocycles. The minimum atomic E-state index is -5.05. The number of nitriles is 1. The highest BCUT2D eigenvalue weighted by molar-refractivity contribution is 7.93. The van der Waals surface area contributed by atoms with Crippen molar-refractivity contribution in [2.75, 3.05) is 57.2 Å². The van der Waals surface area contributed by atoms with Crippen LogP contribution in [0.4, 0.5) is 19.3 Å². The number of carbonyl (C=O) groups is 2. The molecule has 2 amide bonds. The van der Waals surface area contributed by atoms with Crippen molar-refractivity contribution in [2.24, 2.45) is 0 Å². The molecule has 0 spiro atoms. The second kappa shape index (κ2) is 15.5. The molecule has 11 nitrogen and oxygen atoms in total. The van der Waals surface area contributed by atoms with Gasteiger partial charge in [0.1, 0.15) is 22.3 Å². The predicted octanol–water partition coefficient (Wildman–Crippen LogP) is 4.91. The number of piperazine rings is 1. The quantitative estimate of drug-likeness (QED) is 0.332. The average Bonchev–Trinajstić information content (AvgIpc) is 3.32. The van der Waals surface area contributed by atoms with E-state index >= 15 is 4.39 Å².